The van der Waals surface area contributed by atoms with Gasteiger partial charge in [-0.2, -0.15) is 5.90 Å². The molecule has 3 nitrogen and oxygen atoms in total. The second-order valence-electron chi connectivity index (χ2n) is 3.32. The molecular formula is C8H11NO2. The Labute approximate surface area is 65.2 Å². The van der Waals surface area contributed by atoms with Crippen LogP contribution >= 0.6 is 0 Å². The number of carbonyl (C=O) groups is 1. The first kappa shape index (κ1) is 6.85. The number of hydrogen-bond acceptors (Lipinski definition) is 3. The lowest BCUT2D eigenvalue weighted by Gasteiger charge is -2.13. The largest absolute Gasteiger partial charge is 0.373 e. The zero-order valence-corrected chi connectivity index (χ0v) is 6.19. The van der Waals surface area contributed by atoms with Gasteiger partial charge in [0.2, 0.25) is 0 Å². The Morgan fingerprint density at radius 3 is 2.73 bits per heavy atom. The van der Waals surface area contributed by atoms with Crippen molar-refractivity contribution < 1.29 is 9.63 Å². The highest BCUT2D eigenvalue weighted by atomic mass is 16.7. The average molecular weight is 153 g/mol. The second kappa shape index (κ2) is 2.34. The van der Waals surface area contributed by atoms with Gasteiger partial charge < -0.3 is 4.84 Å². The van der Waals surface area contributed by atoms with Crippen molar-refractivity contribution in [1.29, 1.82) is 0 Å². The predicted octanol–water partition coefficient (Wildman–Crippen LogP) is 0.615. The molecule has 0 aromatic carbocycles. The third-order valence-electron chi connectivity index (χ3n) is 2.70. The fraction of sp³-hybridized carbons (Fsp3) is 0.625. The summed E-state index contributed by atoms with van der Waals surface area (Å²) in [5.41, 5.74) is 0. The summed E-state index contributed by atoms with van der Waals surface area (Å²) in [6.45, 7) is 0. The average Bonchev–Trinajstić information content (AvgIpc) is 2.62. The van der Waals surface area contributed by atoms with Crippen LogP contribution in [-0.4, -0.2) is 5.97 Å². The molecule has 3 atom stereocenters. The Bertz CT molecular complexity index is 212. The van der Waals surface area contributed by atoms with Crippen molar-refractivity contribution >= 4 is 5.97 Å². The molecule has 3 unspecified atom stereocenters. The van der Waals surface area contributed by atoms with Gasteiger partial charge in [0.05, 0.1) is 5.92 Å². The van der Waals surface area contributed by atoms with Crippen LogP contribution in [0.5, 0.6) is 0 Å². The van der Waals surface area contributed by atoms with Crippen LogP contribution in [0.2, 0.25) is 0 Å². The van der Waals surface area contributed by atoms with E-state index in [4.69, 9.17) is 5.90 Å². The standard InChI is InChI=1S/C8H11NO2/c9-11-8(10)7-4-5-1-2-6(7)3-5/h1-2,5-7H,3-4,9H2. The topological polar surface area (TPSA) is 52.3 Å². The summed E-state index contributed by atoms with van der Waals surface area (Å²) < 4.78 is 0. The van der Waals surface area contributed by atoms with Gasteiger partial charge in [-0.15, -0.1) is 0 Å². The molecule has 2 bridgehead atoms. The van der Waals surface area contributed by atoms with Crippen molar-refractivity contribution in [2.75, 3.05) is 0 Å². The Balaban J connectivity index is 2.08. The van der Waals surface area contributed by atoms with E-state index in [0.717, 1.165) is 12.8 Å². The summed E-state index contributed by atoms with van der Waals surface area (Å²) in [6.07, 6.45) is 6.33. The van der Waals surface area contributed by atoms with Crippen LogP contribution in [0.15, 0.2) is 12.2 Å². The van der Waals surface area contributed by atoms with E-state index in [2.05, 4.69) is 17.0 Å². The molecule has 0 aromatic rings. The molecule has 0 amide bonds. The Hall–Kier alpha value is -0.830. The third-order valence-corrected chi connectivity index (χ3v) is 2.70. The van der Waals surface area contributed by atoms with Gasteiger partial charge in [0, 0.05) is 0 Å². The summed E-state index contributed by atoms with van der Waals surface area (Å²) >= 11 is 0. The van der Waals surface area contributed by atoms with Crippen molar-refractivity contribution in [1.82, 2.24) is 0 Å². The van der Waals surface area contributed by atoms with E-state index < -0.39 is 0 Å². The molecule has 2 aliphatic rings. The fourth-order valence-electron chi connectivity index (χ4n) is 2.14. The minimum absolute atomic E-state index is 0.0370. The molecule has 0 heterocycles. The van der Waals surface area contributed by atoms with E-state index in [1.54, 1.807) is 0 Å². The fourth-order valence-corrected chi connectivity index (χ4v) is 2.14. The first-order chi connectivity index (χ1) is 5.31. The molecule has 0 radical (unpaired) electrons. The van der Waals surface area contributed by atoms with E-state index >= 15 is 0 Å². The lowest BCUT2D eigenvalue weighted by Crippen LogP contribution is -2.23. The second-order valence-corrected chi connectivity index (χ2v) is 3.32. The molecule has 1 fully saturated rings. The van der Waals surface area contributed by atoms with Crippen LogP contribution in [-0.2, 0) is 9.63 Å². The highest BCUT2D eigenvalue weighted by Gasteiger charge is 2.40. The van der Waals surface area contributed by atoms with Gasteiger partial charge in [0.25, 0.3) is 0 Å². The van der Waals surface area contributed by atoms with Gasteiger partial charge in [-0.3, -0.25) is 4.79 Å². The van der Waals surface area contributed by atoms with Crippen LogP contribution in [0.1, 0.15) is 12.8 Å². The number of allylic oxidation sites excluding steroid dienone is 2. The van der Waals surface area contributed by atoms with Gasteiger partial charge >= 0.3 is 5.97 Å². The molecule has 2 N–H and O–H groups in total. The summed E-state index contributed by atoms with van der Waals surface area (Å²) in [4.78, 5) is 15.2. The molecule has 11 heavy (non-hydrogen) atoms. The Morgan fingerprint density at radius 1 is 1.45 bits per heavy atom. The molecule has 1 saturated carbocycles. The molecule has 2 rings (SSSR count). The minimum atomic E-state index is -0.248. The van der Waals surface area contributed by atoms with Gasteiger partial charge in [-0.05, 0) is 24.7 Å². The van der Waals surface area contributed by atoms with Crippen LogP contribution in [0, 0.1) is 17.8 Å². The minimum Gasteiger partial charge on any atom is -0.373 e. The number of hydrogen-bond donors (Lipinski definition) is 1. The van der Waals surface area contributed by atoms with Gasteiger partial charge in [0.1, 0.15) is 0 Å². The zero-order chi connectivity index (χ0) is 7.84. The van der Waals surface area contributed by atoms with Gasteiger partial charge in [0.15, 0.2) is 0 Å². The molecule has 0 saturated heterocycles. The number of nitrogens with two attached hydrogens (primary N) is 1. The molecule has 0 spiro atoms. The summed E-state index contributed by atoms with van der Waals surface area (Å²) in [6, 6.07) is 0. The van der Waals surface area contributed by atoms with Crippen molar-refractivity contribution in [3.63, 3.8) is 0 Å². The SMILES string of the molecule is NOC(=O)C1CC2C=CC1C2. The molecule has 3 heteroatoms. The first-order valence-corrected chi connectivity index (χ1v) is 3.90. The maximum absolute atomic E-state index is 11.0. The normalized spacial score (nSPS) is 39.5. The van der Waals surface area contributed by atoms with Crippen molar-refractivity contribution in [3.8, 4) is 0 Å². The number of fused-ring (bicyclic) bond motifs is 2. The lowest BCUT2D eigenvalue weighted by atomic mass is 9.94. The molecule has 2 aliphatic carbocycles. The lowest BCUT2D eigenvalue weighted by molar-refractivity contribution is -0.150. The van der Waals surface area contributed by atoms with Crippen LogP contribution in [0.3, 0.4) is 0 Å². The van der Waals surface area contributed by atoms with Gasteiger partial charge in [-0.25, -0.2) is 0 Å². The van der Waals surface area contributed by atoms with E-state index in [0.29, 0.717) is 11.8 Å². The maximum Gasteiger partial charge on any atom is 0.328 e. The Kier molecular flexibility index (Phi) is 1.46. The van der Waals surface area contributed by atoms with E-state index in [9.17, 15) is 4.79 Å². The van der Waals surface area contributed by atoms with Crippen molar-refractivity contribution in [2.45, 2.75) is 12.8 Å². The maximum atomic E-state index is 11.0. The Morgan fingerprint density at radius 2 is 2.27 bits per heavy atom. The first-order valence-electron chi connectivity index (χ1n) is 3.90. The smallest absolute Gasteiger partial charge is 0.328 e. The predicted molar refractivity (Wildman–Crippen MR) is 39.1 cm³/mol. The number of rotatable bonds is 1. The van der Waals surface area contributed by atoms with Crippen molar-refractivity contribution in [3.05, 3.63) is 12.2 Å². The highest BCUT2D eigenvalue weighted by molar-refractivity contribution is 5.73. The van der Waals surface area contributed by atoms with Gasteiger partial charge in [-0.1, -0.05) is 12.2 Å². The summed E-state index contributed by atoms with van der Waals surface area (Å²) in [7, 11) is 0. The number of carbonyl (C=O) groups excluding carboxylic acids is 1. The molecule has 0 aromatic heterocycles. The third kappa shape index (κ3) is 0.959. The molecule has 0 aliphatic heterocycles. The molecular weight excluding hydrogens is 142 g/mol. The van der Waals surface area contributed by atoms with Crippen LogP contribution < -0.4 is 5.90 Å². The summed E-state index contributed by atoms with van der Waals surface area (Å²) in [5, 5.41) is 0. The zero-order valence-electron chi connectivity index (χ0n) is 6.19. The van der Waals surface area contributed by atoms with Crippen molar-refractivity contribution in [2.24, 2.45) is 23.7 Å². The quantitative estimate of drug-likeness (QED) is 0.443. The van der Waals surface area contributed by atoms with Crippen LogP contribution in [0.4, 0.5) is 0 Å². The van der Waals surface area contributed by atoms with Crippen LogP contribution in [0.25, 0.3) is 0 Å². The molecule has 60 valence electrons. The monoisotopic (exact) mass is 153 g/mol. The summed E-state index contributed by atoms with van der Waals surface area (Å²) in [5.74, 6) is 5.60. The highest BCUT2D eigenvalue weighted by Crippen LogP contribution is 2.43. The van der Waals surface area contributed by atoms with E-state index in [1.807, 2.05) is 0 Å². The van der Waals surface area contributed by atoms with E-state index in [-0.39, 0.29) is 11.9 Å². The van der Waals surface area contributed by atoms with E-state index in [1.165, 1.54) is 0 Å².